The summed E-state index contributed by atoms with van der Waals surface area (Å²) in [5.74, 6) is 0.142. The number of ether oxygens (including phenoxy) is 1. The third-order valence-electron chi connectivity index (χ3n) is 4.11. The molecule has 0 bridgehead atoms. The van der Waals surface area contributed by atoms with E-state index in [2.05, 4.69) is 11.5 Å². The van der Waals surface area contributed by atoms with E-state index in [4.69, 9.17) is 4.74 Å². The quantitative estimate of drug-likeness (QED) is 0.607. The summed E-state index contributed by atoms with van der Waals surface area (Å²) >= 11 is 0. The third-order valence-corrected chi connectivity index (χ3v) is 4.11. The number of rotatable bonds is 6. The highest BCUT2D eigenvalue weighted by Crippen LogP contribution is 2.21. The first kappa shape index (κ1) is 16.4. The standard InChI is InChI=1S/C18H25N2O2/c1-13-8-6-7-9-19(13)11-18(21)17-10-14(2)20(16(17)4)15(3)12-22-5/h6-10,15H,11-12H2,1-5H3/q+1/t15-/m1/s1. The van der Waals surface area contributed by atoms with E-state index in [1.165, 1.54) is 0 Å². The van der Waals surface area contributed by atoms with Crippen LogP contribution in [0.25, 0.3) is 0 Å². The predicted octanol–water partition coefficient (Wildman–Crippen LogP) is 2.79. The minimum atomic E-state index is 0.142. The zero-order valence-electron chi connectivity index (χ0n) is 14.1. The number of Topliss-reactive ketones (excluding diaryl/α,β-unsaturated/α-hetero) is 1. The van der Waals surface area contributed by atoms with Crippen molar-refractivity contribution < 1.29 is 14.1 Å². The van der Waals surface area contributed by atoms with Crippen LogP contribution in [0.5, 0.6) is 0 Å². The summed E-state index contributed by atoms with van der Waals surface area (Å²) in [6.07, 6.45) is 1.94. The number of carbonyl (C=O) groups excluding carboxylic acids is 1. The van der Waals surface area contributed by atoms with Crippen LogP contribution in [0, 0.1) is 20.8 Å². The van der Waals surface area contributed by atoms with Gasteiger partial charge in [-0.05, 0) is 26.8 Å². The molecule has 0 unspecified atom stereocenters. The van der Waals surface area contributed by atoms with Gasteiger partial charge in [-0.3, -0.25) is 4.79 Å². The summed E-state index contributed by atoms with van der Waals surface area (Å²) in [5.41, 5.74) is 4.00. The Balaban J connectivity index is 2.28. The molecule has 0 amide bonds. The van der Waals surface area contributed by atoms with Gasteiger partial charge in [0.05, 0.1) is 12.6 Å². The molecule has 0 radical (unpaired) electrons. The smallest absolute Gasteiger partial charge is 0.229 e. The molecule has 0 saturated carbocycles. The van der Waals surface area contributed by atoms with Crippen molar-refractivity contribution in [2.24, 2.45) is 0 Å². The molecule has 4 nitrogen and oxygen atoms in total. The summed E-state index contributed by atoms with van der Waals surface area (Å²) < 4.78 is 9.40. The molecule has 0 spiro atoms. The first-order chi connectivity index (χ1) is 10.5. The van der Waals surface area contributed by atoms with Crippen molar-refractivity contribution in [3.8, 4) is 0 Å². The van der Waals surface area contributed by atoms with E-state index in [1.54, 1.807) is 7.11 Å². The summed E-state index contributed by atoms with van der Waals surface area (Å²) in [4.78, 5) is 12.7. The highest BCUT2D eigenvalue weighted by Gasteiger charge is 2.21. The molecule has 0 aliphatic rings. The second-order valence-electron chi connectivity index (χ2n) is 5.85. The monoisotopic (exact) mass is 301 g/mol. The predicted molar refractivity (Wildman–Crippen MR) is 86.2 cm³/mol. The Kier molecular flexibility index (Phi) is 5.14. The fourth-order valence-corrected chi connectivity index (χ4v) is 3.03. The van der Waals surface area contributed by atoms with Gasteiger partial charge in [0.15, 0.2) is 11.9 Å². The molecule has 0 aliphatic heterocycles. The molecule has 2 aromatic heterocycles. The van der Waals surface area contributed by atoms with Crippen LogP contribution in [0.2, 0.25) is 0 Å². The topological polar surface area (TPSA) is 35.1 Å². The van der Waals surface area contributed by atoms with Crippen molar-refractivity contribution in [3.05, 3.63) is 53.1 Å². The number of ketones is 1. The zero-order valence-corrected chi connectivity index (χ0v) is 14.1. The molecule has 0 aromatic carbocycles. The van der Waals surface area contributed by atoms with Gasteiger partial charge in [0.1, 0.15) is 0 Å². The average Bonchev–Trinajstić information content (AvgIpc) is 2.77. The molecule has 0 aliphatic carbocycles. The first-order valence-corrected chi connectivity index (χ1v) is 7.61. The number of pyridine rings is 1. The van der Waals surface area contributed by atoms with Crippen LogP contribution in [-0.2, 0) is 11.3 Å². The van der Waals surface area contributed by atoms with E-state index in [-0.39, 0.29) is 11.8 Å². The lowest BCUT2D eigenvalue weighted by Crippen LogP contribution is -2.40. The molecular formula is C18H25N2O2+. The SMILES string of the molecule is COC[C@@H](C)n1c(C)cc(C(=O)C[n+]2ccccc2C)c1C. The number of aryl methyl sites for hydroxylation is 2. The van der Waals surface area contributed by atoms with Gasteiger partial charge < -0.3 is 9.30 Å². The van der Waals surface area contributed by atoms with Crippen LogP contribution in [0.1, 0.15) is 40.4 Å². The van der Waals surface area contributed by atoms with Crippen molar-refractivity contribution >= 4 is 5.78 Å². The third kappa shape index (κ3) is 3.28. The minimum absolute atomic E-state index is 0.142. The Labute approximate surface area is 132 Å². The lowest BCUT2D eigenvalue weighted by atomic mass is 10.1. The molecule has 22 heavy (non-hydrogen) atoms. The van der Waals surface area contributed by atoms with Crippen LogP contribution in [-0.4, -0.2) is 24.1 Å². The number of hydrogen-bond acceptors (Lipinski definition) is 2. The van der Waals surface area contributed by atoms with Crippen LogP contribution >= 0.6 is 0 Å². The van der Waals surface area contributed by atoms with Crippen molar-refractivity contribution in [3.63, 3.8) is 0 Å². The van der Waals surface area contributed by atoms with E-state index >= 15 is 0 Å². The number of nitrogens with zero attached hydrogens (tertiary/aromatic N) is 2. The fraction of sp³-hybridized carbons (Fsp3) is 0.444. The Morgan fingerprint density at radius 3 is 2.68 bits per heavy atom. The Morgan fingerprint density at radius 2 is 2.05 bits per heavy atom. The molecule has 0 saturated heterocycles. The largest absolute Gasteiger partial charge is 0.383 e. The van der Waals surface area contributed by atoms with Crippen LogP contribution in [0.3, 0.4) is 0 Å². The summed E-state index contributed by atoms with van der Waals surface area (Å²) in [6.45, 7) is 9.17. The van der Waals surface area contributed by atoms with E-state index < -0.39 is 0 Å². The van der Waals surface area contributed by atoms with Gasteiger partial charge in [0, 0.05) is 43.1 Å². The maximum absolute atomic E-state index is 12.7. The molecule has 2 aromatic rings. The minimum Gasteiger partial charge on any atom is -0.383 e. The first-order valence-electron chi connectivity index (χ1n) is 7.61. The molecule has 118 valence electrons. The van der Waals surface area contributed by atoms with Gasteiger partial charge in [-0.1, -0.05) is 6.07 Å². The Hall–Kier alpha value is -1.94. The van der Waals surface area contributed by atoms with Gasteiger partial charge in [-0.15, -0.1) is 0 Å². The lowest BCUT2D eigenvalue weighted by Gasteiger charge is -2.17. The zero-order chi connectivity index (χ0) is 16.3. The summed E-state index contributed by atoms with van der Waals surface area (Å²) in [5, 5.41) is 0. The van der Waals surface area contributed by atoms with E-state index in [1.807, 2.05) is 55.8 Å². The molecule has 0 N–H and O–H groups in total. The Bertz CT molecular complexity index is 674. The number of aromatic nitrogens is 2. The highest BCUT2D eigenvalue weighted by atomic mass is 16.5. The molecule has 2 heterocycles. The second kappa shape index (κ2) is 6.88. The summed E-state index contributed by atoms with van der Waals surface area (Å²) in [7, 11) is 1.70. The maximum Gasteiger partial charge on any atom is 0.229 e. The fourth-order valence-electron chi connectivity index (χ4n) is 3.03. The van der Waals surface area contributed by atoms with E-state index in [9.17, 15) is 4.79 Å². The van der Waals surface area contributed by atoms with Crippen molar-refractivity contribution in [2.45, 2.75) is 40.3 Å². The van der Waals surface area contributed by atoms with Gasteiger partial charge in [0.25, 0.3) is 0 Å². The molecule has 4 heteroatoms. The maximum atomic E-state index is 12.7. The molecule has 1 atom stereocenters. The Morgan fingerprint density at radius 1 is 1.32 bits per heavy atom. The number of hydrogen-bond donors (Lipinski definition) is 0. The van der Waals surface area contributed by atoms with Gasteiger partial charge in [0.2, 0.25) is 12.3 Å². The highest BCUT2D eigenvalue weighted by molar-refractivity contribution is 5.96. The van der Waals surface area contributed by atoms with Crippen molar-refractivity contribution in [1.29, 1.82) is 0 Å². The van der Waals surface area contributed by atoms with Crippen LogP contribution in [0.4, 0.5) is 0 Å². The van der Waals surface area contributed by atoms with Gasteiger partial charge in [-0.25, -0.2) is 0 Å². The molecule has 2 rings (SSSR count). The number of methoxy groups -OCH3 is 1. The van der Waals surface area contributed by atoms with Crippen molar-refractivity contribution in [2.75, 3.05) is 13.7 Å². The van der Waals surface area contributed by atoms with Gasteiger partial charge >= 0.3 is 0 Å². The van der Waals surface area contributed by atoms with E-state index in [0.717, 1.165) is 22.6 Å². The molecule has 0 fully saturated rings. The average molecular weight is 301 g/mol. The normalized spacial score (nSPS) is 12.4. The van der Waals surface area contributed by atoms with Crippen LogP contribution in [0.15, 0.2) is 30.5 Å². The van der Waals surface area contributed by atoms with Crippen LogP contribution < -0.4 is 4.57 Å². The second-order valence-corrected chi connectivity index (χ2v) is 5.85. The van der Waals surface area contributed by atoms with E-state index in [0.29, 0.717) is 13.2 Å². The lowest BCUT2D eigenvalue weighted by molar-refractivity contribution is -0.689. The molecular weight excluding hydrogens is 276 g/mol. The van der Waals surface area contributed by atoms with Crippen molar-refractivity contribution in [1.82, 2.24) is 4.57 Å². The number of carbonyl (C=O) groups is 1. The van der Waals surface area contributed by atoms with Gasteiger partial charge in [-0.2, -0.15) is 4.57 Å². The summed E-state index contributed by atoms with van der Waals surface area (Å²) in [6, 6.07) is 8.15.